The Morgan fingerprint density at radius 2 is 1.42 bits per heavy atom. The predicted molar refractivity (Wildman–Crippen MR) is 221 cm³/mol. The molecule has 2 atom stereocenters. The summed E-state index contributed by atoms with van der Waals surface area (Å²) >= 11 is 0. The number of carboxylic acid groups (broad SMARTS) is 1. The van der Waals surface area contributed by atoms with Gasteiger partial charge in [0.1, 0.15) is 31.0 Å². The number of amides is 3. The number of rotatable bonds is 23. The van der Waals surface area contributed by atoms with Crippen LogP contribution in [-0.4, -0.2) is 79.3 Å². The van der Waals surface area contributed by atoms with Crippen LogP contribution >= 0.6 is 0 Å². The highest BCUT2D eigenvalue weighted by atomic mass is 16.6. The van der Waals surface area contributed by atoms with E-state index in [1.807, 2.05) is 92.7 Å². The minimum absolute atomic E-state index is 0.0226. The molecule has 4 rings (SSSR count). The first kappa shape index (κ1) is 46.0. The topological polar surface area (TPSA) is 222 Å². The molecule has 4 aromatic rings. The zero-order chi connectivity index (χ0) is 43.3. The van der Waals surface area contributed by atoms with Gasteiger partial charge in [-0.2, -0.15) is 0 Å². The van der Waals surface area contributed by atoms with Crippen molar-refractivity contribution in [2.45, 2.75) is 64.8 Å². The van der Waals surface area contributed by atoms with E-state index in [9.17, 15) is 28.8 Å². The molecule has 0 radical (unpaired) electrons. The average molecular weight is 825 g/mol. The number of alkyl carbamates (subject to hydrolysis) is 1. The number of carbonyl (C=O) groups is 6. The number of hydrogen-bond donors (Lipinski definition) is 5. The van der Waals surface area contributed by atoms with Crippen LogP contribution in [0.3, 0.4) is 0 Å². The number of unbranched alkanes of at least 4 members (excludes halogenated alkanes) is 1. The van der Waals surface area contributed by atoms with Crippen LogP contribution in [-0.2, 0) is 53.0 Å². The van der Waals surface area contributed by atoms with Crippen molar-refractivity contribution >= 4 is 35.8 Å². The van der Waals surface area contributed by atoms with Crippen molar-refractivity contribution in [1.29, 1.82) is 0 Å². The maximum Gasteiger partial charge on any atom is 0.407 e. The van der Waals surface area contributed by atoms with E-state index in [2.05, 4.69) is 16.0 Å². The minimum Gasteiger partial charge on any atom is -0.482 e. The third kappa shape index (κ3) is 16.3. The second-order valence-corrected chi connectivity index (χ2v) is 14.3. The molecule has 0 aliphatic carbocycles. The van der Waals surface area contributed by atoms with Crippen LogP contribution in [0.25, 0.3) is 11.1 Å². The summed E-state index contributed by atoms with van der Waals surface area (Å²) in [5.41, 5.74) is 9.65. The first-order valence-electron chi connectivity index (χ1n) is 19.6. The summed E-state index contributed by atoms with van der Waals surface area (Å²) in [6, 6.07) is 28.0. The third-order valence-electron chi connectivity index (χ3n) is 8.89. The van der Waals surface area contributed by atoms with Crippen molar-refractivity contribution in [2.75, 3.05) is 26.3 Å². The molecule has 6 N–H and O–H groups in total. The molecular formula is C45H52N4O11. The molecule has 4 aromatic carbocycles. The molecule has 15 nitrogen and oxygen atoms in total. The molecule has 0 aromatic heterocycles. The van der Waals surface area contributed by atoms with E-state index in [4.69, 9.17) is 29.8 Å². The van der Waals surface area contributed by atoms with Gasteiger partial charge in [0, 0.05) is 13.0 Å². The fourth-order valence-electron chi connectivity index (χ4n) is 5.75. The number of carbonyl (C=O) groups excluding carboxylic acids is 5. The Labute approximate surface area is 348 Å². The van der Waals surface area contributed by atoms with Gasteiger partial charge in [-0.05, 0) is 77.3 Å². The molecule has 0 bridgehead atoms. The number of nitrogens with two attached hydrogens (primary N) is 1. The van der Waals surface area contributed by atoms with Gasteiger partial charge in [-0.15, -0.1) is 0 Å². The number of benzene rings is 4. The molecule has 0 fully saturated rings. The maximum atomic E-state index is 13.4. The first-order chi connectivity index (χ1) is 28.9. The van der Waals surface area contributed by atoms with E-state index in [1.54, 1.807) is 6.07 Å². The van der Waals surface area contributed by atoms with Gasteiger partial charge in [-0.25, -0.2) is 19.2 Å². The second kappa shape index (κ2) is 24.2. The number of ether oxygens (including phenoxy) is 4. The van der Waals surface area contributed by atoms with Crippen molar-refractivity contribution in [2.24, 2.45) is 11.7 Å². The predicted octanol–water partition coefficient (Wildman–Crippen LogP) is 4.94. The summed E-state index contributed by atoms with van der Waals surface area (Å²) in [4.78, 5) is 74.4. The fraction of sp³-hybridized carbons (Fsp3) is 0.333. The molecule has 0 saturated carbocycles. The Morgan fingerprint density at radius 1 is 0.700 bits per heavy atom. The van der Waals surface area contributed by atoms with Crippen molar-refractivity contribution in [3.05, 3.63) is 125 Å². The van der Waals surface area contributed by atoms with E-state index in [0.717, 1.165) is 27.8 Å². The molecule has 0 aliphatic heterocycles. The van der Waals surface area contributed by atoms with Gasteiger partial charge in [0.05, 0.1) is 18.7 Å². The fourth-order valence-corrected chi connectivity index (χ4v) is 5.75. The number of aromatic carboxylic acids is 1. The largest absolute Gasteiger partial charge is 0.482 e. The van der Waals surface area contributed by atoms with E-state index < -0.39 is 47.9 Å². The molecule has 0 spiro atoms. The summed E-state index contributed by atoms with van der Waals surface area (Å²) in [6.45, 7) is 3.63. The zero-order valence-corrected chi connectivity index (χ0v) is 33.7. The van der Waals surface area contributed by atoms with Gasteiger partial charge in [-0.3, -0.25) is 9.59 Å². The normalized spacial score (nSPS) is 11.7. The Bertz CT molecular complexity index is 2040. The molecular weight excluding hydrogens is 773 g/mol. The van der Waals surface area contributed by atoms with E-state index >= 15 is 0 Å². The number of esters is 2. The van der Waals surface area contributed by atoms with E-state index in [-0.39, 0.29) is 69.6 Å². The average Bonchev–Trinajstić information content (AvgIpc) is 3.25. The van der Waals surface area contributed by atoms with Gasteiger partial charge in [0.15, 0.2) is 6.61 Å². The van der Waals surface area contributed by atoms with Gasteiger partial charge >= 0.3 is 24.0 Å². The van der Waals surface area contributed by atoms with Gasteiger partial charge in [0.25, 0.3) is 0 Å². The smallest absolute Gasteiger partial charge is 0.407 e. The first-order valence-corrected chi connectivity index (χ1v) is 19.6. The number of carboxylic acids is 1. The highest BCUT2D eigenvalue weighted by molar-refractivity contribution is 5.91. The van der Waals surface area contributed by atoms with Gasteiger partial charge in [0.2, 0.25) is 11.8 Å². The second-order valence-electron chi connectivity index (χ2n) is 14.3. The lowest BCUT2D eigenvalue weighted by molar-refractivity contribution is -0.149. The summed E-state index contributed by atoms with van der Waals surface area (Å²) in [6.07, 6.45) is 0.773. The van der Waals surface area contributed by atoms with Crippen molar-refractivity contribution < 1.29 is 52.8 Å². The van der Waals surface area contributed by atoms with E-state index in [0.29, 0.717) is 12.8 Å². The Balaban J connectivity index is 1.20. The molecule has 15 heteroatoms. The Kier molecular flexibility index (Phi) is 18.6. The number of hydrogen-bond acceptors (Lipinski definition) is 11. The molecule has 60 heavy (non-hydrogen) atoms. The van der Waals surface area contributed by atoms with Crippen molar-refractivity contribution in [1.82, 2.24) is 16.0 Å². The van der Waals surface area contributed by atoms with Crippen LogP contribution in [0.1, 0.15) is 60.2 Å². The SMILES string of the molecule is CC(C)COC(=O)[C@H](CCCCNC(=O)OCc1cccc(-c2ccc(COC(=O)COc3cccc(C(=O)O)c3)cc2)c1)NC(=O)[C@H](Cc1ccccc1)NC(=O)CN. The standard InChI is InChI=1S/C45H52N4O11/c1-30(2)26-59-44(55)38(49-42(52)39(48-40(50)25-46)23-31-10-4-3-5-11-31)16-6-7-21-47-45(56)60-28-33-12-8-13-35(22-33)34-19-17-32(18-20-34)27-58-41(51)29-57-37-15-9-14-36(24-37)43(53)54/h3-5,8-15,17-20,22,24,30,38-39H,6-7,16,21,23,25-29,46H2,1-2H3,(H,47,56)(H,48,50)(H,49,52)(H,53,54)/t38-,39-/m0/s1. The monoisotopic (exact) mass is 824 g/mol. The third-order valence-corrected chi connectivity index (χ3v) is 8.89. The lowest BCUT2D eigenvalue weighted by atomic mass is 10.0. The van der Waals surface area contributed by atoms with Crippen molar-refractivity contribution in [3.8, 4) is 16.9 Å². The molecule has 0 heterocycles. The Hall–Kier alpha value is -6.74. The molecule has 0 saturated heterocycles. The van der Waals surface area contributed by atoms with Crippen LogP contribution in [0.4, 0.5) is 4.79 Å². The van der Waals surface area contributed by atoms with Gasteiger partial charge in [-0.1, -0.05) is 92.7 Å². The quantitative estimate of drug-likeness (QED) is 0.0382. The van der Waals surface area contributed by atoms with Crippen molar-refractivity contribution in [3.63, 3.8) is 0 Å². The number of nitrogens with one attached hydrogen (secondary N) is 3. The van der Waals surface area contributed by atoms with Crippen LogP contribution in [0.15, 0.2) is 103 Å². The summed E-state index contributed by atoms with van der Waals surface area (Å²) in [7, 11) is 0. The van der Waals surface area contributed by atoms with Crippen LogP contribution in [0, 0.1) is 5.92 Å². The Morgan fingerprint density at radius 3 is 2.13 bits per heavy atom. The van der Waals surface area contributed by atoms with Crippen LogP contribution < -0.4 is 26.4 Å². The summed E-state index contributed by atoms with van der Waals surface area (Å²) in [5, 5.41) is 17.2. The highest BCUT2D eigenvalue weighted by Crippen LogP contribution is 2.22. The molecule has 0 aliphatic rings. The molecule has 3 amide bonds. The maximum absolute atomic E-state index is 13.4. The van der Waals surface area contributed by atoms with E-state index in [1.165, 1.54) is 18.2 Å². The van der Waals surface area contributed by atoms with Gasteiger partial charge < -0.3 is 45.7 Å². The molecule has 318 valence electrons. The minimum atomic E-state index is -1.10. The molecule has 0 unspecified atom stereocenters. The lowest BCUT2D eigenvalue weighted by Crippen LogP contribution is -2.53. The zero-order valence-electron chi connectivity index (χ0n) is 33.7. The summed E-state index contributed by atoms with van der Waals surface area (Å²) < 4.78 is 21.5. The summed E-state index contributed by atoms with van der Waals surface area (Å²) in [5.74, 6) is -3.00. The highest BCUT2D eigenvalue weighted by Gasteiger charge is 2.28. The van der Waals surface area contributed by atoms with Crippen LogP contribution in [0.5, 0.6) is 5.75 Å². The lowest BCUT2D eigenvalue weighted by Gasteiger charge is -2.23. The van der Waals surface area contributed by atoms with Crippen LogP contribution in [0.2, 0.25) is 0 Å².